The highest BCUT2D eigenvalue weighted by molar-refractivity contribution is 5.96. The van der Waals surface area contributed by atoms with Gasteiger partial charge in [0.25, 0.3) is 5.91 Å². The van der Waals surface area contributed by atoms with Gasteiger partial charge in [-0.3, -0.25) is 9.59 Å². The van der Waals surface area contributed by atoms with E-state index in [1.54, 1.807) is 0 Å². The first kappa shape index (κ1) is 21.1. The number of hydrogen-bond donors (Lipinski definition) is 2. The maximum atomic E-state index is 13.1. The zero-order chi connectivity index (χ0) is 21.6. The normalized spacial score (nSPS) is 14.9. The molecule has 1 heterocycles. The molecule has 1 fully saturated rings. The molecular formula is C26H29N3O2. The summed E-state index contributed by atoms with van der Waals surface area (Å²) in [6.45, 7) is 5.21. The predicted molar refractivity (Wildman–Crippen MR) is 124 cm³/mol. The van der Waals surface area contributed by atoms with Crippen LogP contribution in [-0.2, 0) is 11.2 Å². The van der Waals surface area contributed by atoms with E-state index in [2.05, 4.69) is 34.9 Å². The lowest BCUT2D eigenvalue weighted by molar-refractivity contribution is -0.131. The molecule has 0 saturated carbocycles. The smallest absolute Gasteiger partial charge is 0.252 e. The summed E-state index contributed by atoms with van der Waals surface area (Å²) in [5.74, 6) is 0.0477. The second-order valence-electron chi connectivity index (χ2n) is 8.05. The standard InChI is InChI=1S/C26H29N3O2/c1-19(22-12-6-9-20-7-2-4-10-23(20)22)28-26(31)24-11-5-3-8-21(24)13-14-25(30)29-17-15-27-16-18-29/h2-12,19,27H,13-18H2,1H3,(H,28,31). The summed E-state index contributed by atoms with van der Waals surface area (Å²) in [7, 11) is 0. The fourth-order valence-corrected chi connectivity index (χ4v) is 4.25. The Balaban J connectivity index is 1.45. The van der Waals surface area contributed by atoms with Gasteiger partial charge in [-0.05, 0) is 41.3 Å². The SMILES string of the molecule is CC(NC(=O)c1ccccc1CCC(=O)N1CCNCC1)c1cccc2ccccc12. The fraction of sp³-hybridized carbons (Fsp3) is 0.308. The molecule has 4 rings (SSSR count). The molecule has 0 bridgehead atoms. The molecular weight excluding hydrogens is 386 g/mol. The van der Waals surface area contributed by atoms with Gasteiger partial charge in [-0.15, -0.1) is 0 Å². The number of nitrogens with one attached hydrogen (secondary N) is 2. The molecule has 3 aromatic rings. The van der Waals surface area contributed by atoms with Crippen molar-refractivity contribution >= 4 is 22.6 Å². The Morgan fingerprint density at radius 3 is 2.52 bits per heavy atom. The van der Waals surface area contributed by atoms with Crippen LogP contribution in [0.2, 0.25) is 0 Å². The molecule has 0 aliphatic carbocycles. The van der Waals surface area contributed by atoms with E-state index in [4.69, 9.17) is 0 Å². The Morgan fingerprint density at radius 1 is 0.968 bits per heavy atom. The van der Waals surface area contributed by atoms with Crippen LogP contribution in [0.4, 0.5) is 0 Å². The average Bonchev–Trinajstić information content (AvgIpc) is 2.82. The number of hydrogen-bond acceptors (Lipinski definition) is 3. The molecule has 160 valence electrons. The van der Waals surface area contributed by atoms with Crippen molar-refractivity contribution in [2.45, 2.75) is 25.8 Å². The minimum atomic E-state index is -0.130. The number of nitrogens with zero attached hydrogens (tertiary/aromatic N) is 1. The quantitative estimate of drug-likeness (QED) is 0.645. The van der Waals surface area contributed by atoms with E-state index in [-0.39, 0.29) is 17.9 Å². The molecule has 2 amide bonds. The second kappa shape index (κ2) is 9.75. The molecule has 2 N–H and O–H groups in total. The van der Waals surface area contributed by atoms with Crippen LogP contribution in [0, 0.1) is 0 Å². The van der Waals surface area contributed by atoms with Crippen LogP contribution in [-0.4, -0.2) is 42.9 Å². The van der Waals surface area contributed by atoms with Gasteiger partial charge in [-0.2, -0.15) is 0 Å². The molecule has 1 aliphatic rings. The summed E-state index contributed by atoms with van der Waals surface area (Å²) >= 11 is 0. The number of benzene rings is 3. The highest BCUT2D eigenvalue weighted by Crippen LogP contribution is 2.24. The Kier molecular flexibility index (Phi) is 6.63. The van der Waals surface area contributed by atoms with E-state index < -0.39 is 0 Å². The maximum Gasteiger partial charge on any atom is 0.252 e. The van der Waals surface area contributed by atoms with Crippen molar-refractivity contribution in [3.63, 3.8) is 0 Å². The Hall–Kier alpha value is -3.18. The van der Waals surface area contributed by atoms with E-state index >= 15 is 0 Å². The number of carbonyl (C=O) groups excluding carboxylic acids is 2. The van der Waals surface area contributed by atoms with Crippen LogP contribution in [0.25, 0.3) is 10.8 Å². The molecule has 0 radical (unpaired) electrons. The second-order valence-corrected chi connectivity index (χ2v) is 8.05. The third-order valence-corrected chi connectivity index (χ3v) is 5.98. The zero-order valence-corrected chi connectivity index (χ0v) is 17.9. The zero-order valence-electron chi connectivity index (χ0n) is 17.9. The molecule has 1 saturated heterocycles. The van der Waals surface area contributed by atoms with E-state index in [0.717, 1.165) is 48.1 Å². The summed E-state index contributed by atoms with van der Waals surface area (Å²) in [5, 5.41) is 8.72. The average molecular weight is 416 g/mol. The number of carbonyl (C=O) groups is 2. The minimum Gasteiger partial charge on any atom is -0.345 e. The van der Waals surface area contributed by atoms with Crippen molar-refractivity contribution in [3.05, 3.63) is 83.4 Å². The van der Waals surface area contributed by atoms with Crippen molar-refractivity contribution in [1.29, 1.82) is 0 Å². The summed E-state index contributed by atoms with van der Waals surface area (Å²) in [6, 6.07) is 21.8. The van der Waals surface area contributed by atoms with Crippen LogP contribution in [0.1, 0.15) is 40.9 Å². The number of piperazine rings is 1. The van der Waals surface area contributed by atoms with Crippen molar-refractivity contribution in [2.24, 2.45) is 0 Å². The number of amides is 2. The van der Waals surface area contributed by atoms with Gasteiger partial charge in [-0.25, -0.2) is 0 Å². The number of aryl methyl sites for hydroxylation is 1. The van der Waals surface area contributed by atoms with Gasteiger partial charge in [0, 0.05) is 38.2 Å². The summed E-state index contributed by atoms with van der Waals surface area (Å²) in [5.41, 5.74) is 2.65. The molecule has 3 aromatic carbocycles. The van der Waals surface area contributed by atoms with Crippen LogP contribution < -0.4 is 10.6 Å². The number of rotatable bonds is 6. The van der Waals surface area contributed by atoms with Gasteiger partial charge in [0.2, 0.25) is 5.91 Å². The molecule has 0 spiro atoms. The summed E-state index contributed by atoms with van der Waals surface area (Å²) in [6.07, 6.45) is 0.984. The fourth-order valence-electron chi connectivity index (χ4n) is 4.25. The van der Waals surface area contributed by atoms with Gasteiger partial charge in [0.05, 0.1) is 6.04 Å². The molecule has 5 nitrogen and oxygen atoms in total. The first-order valence-electron chi connectivity index (χ1n) is 11.0. The van der Waals surface area contributed by atoms with E-state index in [0.29, 0.717) is 18.4 Å². The third kappa shape index (κ3) is 4.94. The largest absolute Gasteiger partial charge is 0.345 e. The highest BCUT2D eigenvalue weighted by atomic mass is 16.2. The lowest BCUT2D eigenvalue weighted by Gasteiger charge is -2.27. The van der Waals surface area contributed by atoms with Gasteiger partial charge < -0.3 is 15.5 Å². The monoisotopic (exact) mass is 415 g/mol. The minimum absolute atomic E-state index is 0.106. The summed E-state index contributed by atoms with van der Waals surface area (Å²) < 4.78 is 0. The van der Waals surface area contributed by atoms with E-state index in [9.17, 15) is 9.59 Å². The molecule has 0 aromatic heterocycles. The molecule has 31 heavy (non-hydrogen) atoms. The Morgan fingerprint density at radius 2 is 1.68 bits per heavy atom. The maximum absolute atomic E-state index is 13.1. The Bertz CT molecular complexity index is 1070. The first-order valence-corrected chi connectivity index (χ1v) is 11.0. The highest BCUT2D eigenvalue weighted by Gasteiger charge is 2.19. The van der Waals surface area contributed by atoms with Crippen molar-refractivity contribution < 1.29 is 9.59 Å². The number of fused-ring (bicyclic) bond motifs is 1. The molecule has 1 aliphatic heterocycles. The molecule has 1 atom stereocenters. The van der Waals surface area contributed by atoms with Gasteiger partial charge in [0.15, 0.2) is 0 Å². The van der Waals surface area contributed by atoms with Crippen LogP contribution in [0.5, 0.6) is 0 Å². The van der Waals surface area contributed by atoms with Crippen LogP contribution >= 0.6 is 0 Å². The van der Waals surface area contributed by atoms with Crippen LogP contribution in [0.3, 0.4) is 0 Å². The van der Waals surface area contributed by atoms with Gasteiger partial charge in [-0.1, -0.05) is 60.7 Å². The van der Waals surface area contributed by atoms with Gasteiger partial charge >= 0.3 is 0 Å². The third-order valence-electron chi connectivity index (χ3n) is 5.98. The lowest BCUT2D eigenvalue weighted by Crippen LogP contribution is -2.46. The Labute approximate surface area is 183 Å². The van der Waals surface area contributed by atoms with Crippen molar-refractivity contribution in [1.82, 2.24) is 15.5 Å². The lowest BCUT2D eigenvalue weighted by atomic mass is 9.98. The van der Waals surface area contributed by atoms with Crippen LogP contribution in [0.15, 0.2) is 66.7 Å². The van der Waals surface area contributed by atoms with Gasteiger partial charge in [0.1, 0.15) is 0 Å². The molecule has 1 unspecified atom stereocenters. The summed E-state index contributed by atoms with van der Waals surface area (Å²) in [4.78, 5) is 27.6. The van der Waals surface area contributed by atoms with Crippen molar-refractivity contribution in [2.75, 3.05) is 26.2 Å². The first-order chi connectivity index (χ1) is 15.1. The van der Waals surface area contributed by atoms with E-state index in [1.165, 1.54) is 0 Å². The topological polar surface area (TPSA) is 61.4 Å². The van der Waals surface area contributed by atoms with Crippen molar-refractivity contribution in [3.8, 4) is 0 Å². The van der Waals surface area contributed by atoms with E-state index in [1.807, 2.05) is 54.3 Å². The predicted octanol–water partition coefficient (Wildman–Crippen LogP) is 3.70. The molecule has 5 heteroatoms.